The number of rotatable bonds is 0. The van der Waals surface area contributed by atoms with E-state index in [4.69, 9.17) is 0 Å². The molecule has 1 aromatic rings. The molecule has 0 unspecified atom stereocenters. The van der Waals surface area contributed by atoms with E-state index >= 15 is 0 Å². The van der Waals surface area contributed by atoms with Crippen LogP contribution >= 0.6 is 0 Å². The quantitative estimate of drug-likeness (QED) is 0.664. The van der Waals surface area contributed by atoms with Crippen molar-refractivity contribution in [3.8, 4) is 0 Å². The van der Waals surface area contributed by atoms with Crippen LogP contribution in [0.2, 0.25) is 0 Å². The summed E-state index contributed by atoms with van der Waals surface area (Å²) in [5, 5.41) is 2.04. The first-order valence-corrected chi connectivity index (χ1v) is 4.28. The van der Waals surface area contributed by atoms with Crippen molar-refractivity contribution < 1.29 is 18.4 Å². The number of ketones is 1. The van der Waals surface area contributed by atoms with E-state index in [1.807, 2.05) is 5.32 Å². The van der Waals surface area contributed by atoms with Crippen LogP contribution in [0.15, 0.2) is 18.2 Å². The first-order chi connectivity index (χ1) is 6.94. The highest BCUT2D eigenvalue weighted by molar-refractivity contribution is 6.25. The molecule has 3 nitrogen and oxygen atoms in total. The minimum Gasteiger partial charge on any atom is -0.319 e. The molecule has 1 aliphatic heterocycles. The van der Waals surface area contributed by atoms with Crippen LogP contribution in [0.3, 0.4) is 0 Å². The number of fused-ring (bicyclic) bond motifs is 1. The molecule has 1 N–H and O–H groups in total. The predicted octanol–water partition coefficient (Wildman–Crippen LogP) is 1.77. The van der Waals surface area contributed by atoms with Gasteiger partial charge in [0, 0.05) is 5.56 Å². The Bertz CT molecular complexity index is 468. The normalized spacial score (nSPS) is 18.3. The van der Waals surface area contributed by atoms with E-state index < -0.39 is 17.6 Å². The van der Waals surface area contributed by atoms with Gasteiger partial charge in [-0.3, -0.25) is 9.59 Å². The molecular formula is C10H7F2NO2. The number of hydrogen-bond acceptors (Lipinski definition) is 2. The van der Waals surface area contributed by atoms with Gasteiger partial charge in [-0.25, -0.2) is 0 Å². The fourth-order valence-electron chi connectivity index (χ4n) is 1.49. The van der Waals surface area contributed by atoms with Crippen molar-refractivity contribution in [3.63, 3.8) is 0 Å². The molecule has 0 radical (unpaired) electrons. The number of carbonyl (C=O) groups is 2. The maximum atomic E-state index is 13.0. The molecule has 0 saturated heterocycles. The van der Waals surface area contributed by atoms with Gasteiger partial charge in [0.1, 0.15) is 0 Å². The molecule has 0 saturated carbocycles. The lowest BCUT2D eigenvalue weighted by Gasteiger charge is -2.23. The Morgan fingerprint density at radius 2 is 1.93 bits per heavy atom. The summed E-state index contributed by atoms with van der Waals surface area (Å²) in [6.07, 6.45) is 0. The largest absolute Gasteiger partial charge is 0.386 e. The van der Waals surface area contributed by atoms with Gasteiger partial charge < -0.3 is 5.32 Å². The minimum atomic E-state index is -3.96. The first-order valence-electron chi connectivity index (χ1n) is 4.28. The number of benzene rings is 1. The van der Waals surface area contributed by atoms with Crippen molar-refractivity contribution in [2.75, 3.05) is 5.32 Å². The summed E-state index contributed by atoms with van der Waals surface area (Å²) in [5.41, 5.74) is 0.628. The highest BCUT2D eigenvalue weighted by atomic mass is 19.3. The summed E-state index contributed by atoms with van der Waals surface area (Å²) in [4.78, 5) is 22.2. The zero-order chi connectivity index (χ0) is 11.2. The molecule has 78 valence electrons. The van der Waals surface area contributed by atoms with Crippen LogP contribution in [0.4, 0.5) is 14.5 Å². The number of nitrogens with one attached hydrogen (secondary N) is 1. The molecule has 0 aliphatic carbocycles. The van der Waals surface area contributed by atoms with Crippen LogP contribution in [-0.4, -0.2) is 17.6 Å². The van der Waals surface area contributed by atoms with Gasteiger partial charge in [-0.15, -0.1) is 0 Å². The fourth-order valence-corrected chi connectivity index (χ4v) is 1.49. The number of para-hydroxylation sites is 1. The maximum absolute atomic E-state index is 13.0. The summed E-state index contributed by atoms with van der Waals surface area (Å²) >= 11 is 0. The molecule has 1 aliphatic rings. The van der Waals surface area contributed by atoms with E-state index in [0.29, 0.717) is 5.56 Å². The number of hydrogen-bond donors (Lipinski definition) is 1. The van der Waals surface area contributed by atoms with Gasteiger partial charge in [0.15, 0.2) is 0 Å². The zero-order valence-corrected chi connectivity index (χ0v) is 7.80. The van der Waals surface area contributed by atoms with Crippen molar-refractivity contribution in [2.45, 2.75) is 12.8 Å². The lowest BCUT2D eigenvalue weighted by atomic mass is 9.96. The van der Waals surface area contributed by atoms with Crippen molar-refractivity contribution >= 4 is 17.4 Å². The van der Waals surface area contributed by atoms with Crippen LogP contribution in [0.5, 0.6) is 0 Å². The molecule has 1 aromatic carbocycles. The van der Waals surface area contributed by atoms with Crippen molar-refractivity contribution in [3.05, 3.63) is 29.3 Å². The van der Waals surface area contributed by atoms with Crippen molar-refractivity contribution in [2.24, 2.45) is 0 Å². The van der Waals surface area contributed by atoms with E-state index in [2.05, 4.69) is 0 Å². The monoisotopic (exact) mass is 211 g/mol. The number of aryl methyl sites for hydroxylation is 1. The highest BCUT2D eigenvalue weighted by Crippen LogP contribution is 2.33. The van der Waals surface area contributed by atoms with Gasteiger partial charge in [0.05, 0.1) is 5.69 Å². The highest BCUT2D eigenvalue weighted by Gasteiger charge is 2.51. The molecule has 0 spiro atoms. The number of carbonyl (C=O) groups excluding carboxylic acids is 2. The van der Waals surface area contributed by atoms with Gasteiger partial charge in [0.2, 0.25) is 5.78 Å². The lowest BCUT2D eigenvalue weighted by molar-refractivity contribution is -0.134. The van der Waals surface area contributed by atoms with Crippen LogP contribution < -0.4 is 5.32 Å². The summed E-state index contributed by atoms with van der Waals surface area (Å²) in [6, 6.07) is 4.41. The predicted molar refractivity (Wildman–Crippen MR) is 49.1 cm³/mol. The summed E-state index contributed by atoms with van der Waals surface area (Å²) in [7, 11) is 0. The third-order valence-corrected chi connectivity index (χ3v) is 2.33. The smallest absolute Gasteiger partial charge is 0.319 e. The summed E-state index contributed by atoms with van der Waals surface area (Å²) in [6.45, 7) is 1.63. The topological polar surface area (TPSA) is 46.2 Å². The lowest BCUT2D eigenvalue weighted by Crippen LogP contribution is -2.46. The molecule has 0 fully saturated rings. The molecular weight excluding hydrogens is 204 g/mol. The van der Waals surface area contributed by atoms with Gasteiger partial charge >= 0.3 is 11.8 Å². The van der Waals surface area contributed by atoms with E-state index in [0.717, 1.165) is 0 Å². The third kappa shape index (κ3) is 1.23. The maximum Gasteiger partial charge on any atom is 0.386 e. The summed E-state index contributed by atoms with van der Waals surface area (Å²) < 4.78 is 26.1. The number of amides is 1. The first kappa shape index (κ1) is 9.76. The van der Waals surface area contributed by atoms with Gasteiger partial charge in [0.25, 0.3) is 0 Å². The number of anilines is 1. The molecule has 0 atom stereocenters. The van der Waals surface area contributed by atoms with E-state index in [-0.39, 0.29) is 11.3 Å². The van der Waals surface area contributed by atoms with Crippen molar-refractivity contribution in [1.29, 1.82) is 0 Å². The number of Topliss-reactive ketones (excluding diaryl/α,β-unsaturated/α-hetero) is 1. The molecule has 1 heterocycles. The molecule has 15 heavy (non-hydrogen) atoms. The van der Waals surface area contributed by atoms with Crippen LogP contribution in [0.25, 0.3) is 0 Å². The zero-order valence-electron chi connectivity index (χ0n) is 7.80. The standard InChI is InChI=1S/C10H7F2NO2/c1-5-3-2-4-6-7(5)13-9(15)10(11,12)8(6)14/h2-4H,1H3,(H,13,15). The Kier molecular flexibility index (Phi) is 1.86. The Hall–Kier alpha value is -1.78. The Morgan fingerprint density at radius 3 is 2.60 bits per heavy atom. The minimum absolute atomic E-state index is 0.139. The molecule has 1 amide bonds. The van der Waals surface area contributed by atoms with E-state index in [1.54, 1.807) is 13.0 Å². The Morgan fingerprint density at radius 1 is 1.27 bits per heavy atom. The summed E-state index contributed by atoms with van der Waals surface area (Å²) in [5.74, 6) is -6.96. The molecule has 0 bridgehead atoms. The van der Waals surface area contributed by atoms with Gasteiger partial charge in [-0.05, 0) is 18.6 Å². The van der Waals surface area contributed by atoms with Crippen LogP contribution in [0.1, 0.15) is 15.9 Å². The van der Waals surface area contributed by atoms with Crippen LogP contribution in [-0.2, 0) is 4.79 Å². The third-order valence-electron chi connectivity index (χ3n) is 2.33. The fraction of sp³-hybridized carbons (Fsp3) is 0.200. The molecule has 0 aromatic heterocycles. The van der Waals surface area contributed by atoms with E-state index in [9.17, 15) is 18.4 Å². The van der Waals surface area contributed by atoms with Gasteiger partial charge in [-0.1, -0.05) is 12.1 Å². The van der Waals surface area contributed by atoms with Crippen LogP contribution in [0, 0.1) is 6.92 Å². The second-order valence-corrected chi connectivity index (χ2v) is 3.36. The Labute approximate surface area is 84.1 Å². The van der Waals surface area contributed by atoms with Gasteiger partial charge in [-0.2, -0.15) is 8.78 Å². The molecule has 5 heteroatoms. The Balaban J connectivity index is 2.66. The second kappa shape index (κ2) is 2.85. The average Bonchev–Trinajstić information content (AvgIpc) is 2.18. The number of halogens is 2. The molecule has 2 rings (SSSR count). The SMILES string of the molecule is Cc1cccc2c1NC(=O)C(F)(F)C2=O. The van der Waals surface area contributed by atoms with Crippen molar-refractivity contribution in [1.82, 2.24) is 0 Å². The number of alkyl halides is 2. The van der Waals surface area contributed by atoms with E-state index in [1.165, 1.54) is 12.1 Å². The average molecular weight is 211 g/mol. The second-order valence-electron chi connectivity index (χ2n) is 3.36.